The Bertz CT molecular complexity index is 1720. The fourth-order valence-corrected chi connectivity index (χ4v) is 7.40. The zero-order valence-corrected chi connectivity index (χ0v) is 35.6. The van der Waals surface area contributed by atoms with Crippen molar-refractivity contribution in [3.63, 3.8) is 0 Å². The van der Waals surface area contributed by atoms with Gasteiger partial charge in [-0.15, -0.1) is 11.6 Å². The molecular weight excluding hydrogens is 683 g/mol. The summed E-state index contributed by atoms with van der Waals surface area (Å²) < 4.78 is 18.1. The molecule has 2 unspecified atom stereocenters. The molecule has 0 saturated carbocycles. The fraction of sp³-hybridized carbons (Fsp3) is 0.545. The van der Waals surface area contributed by atoms with Crippen LogP contribution in [0.2, 0.25) is 0 Å². The molecule has 278 valence electrons. The molecule has 2 bridgehead atoms. The Morgan fingerprint density at radius 1 is 0.962 bits per heavy atom. The fourth-order valence-electron chi connectivity index (χ4n) is 7.22. The summed E-state index contributed by atoms with van der Waals surface area (Å²) in [6.45, 7) is 16.3. The van der Waals surface area contributed by atoms with Gasteiger partial charge in [0.2, 0.25) is 0 Å². The van der Waals surface area contributed by atoms with Crippen molar-refractivity contribution in [2.75, 3.05) is 6.61 Å². The molecule has 0 amide bonds. The molecule has 2 atom stereocenters. The number of rotatable bonds is 17. The molecule has 52 heavy (non-hydrogen) atoms. The normalized spacial score (nSPS) is 15.8. The molecule has 0 saturated heterocycles. The van der Waals surface area contributed by atoms with E-state index >= 15 is 0 Å². The maximum Gasteiger partial charge on any atom is 1.00 e. The van der Waals surface area contributed by atoms with Crippen LogP contribution in [-0.4, -0.2) is 23.6 Å². The number of carbonyl (C=O) groups is 1. The van der Waals surface area contributed by atoms with Gasteiger partial charge in [0.25, 0.3) is 0 Å². The van der Waals surface area contributed by atoms with Crippen molar-refractivity contribution < 1.29 is 53.3 Å². The van der Waals surface area contributed by atoms with Crippen LogP contribution in [0.3, 0.4) is 0 Å². The van der Waals surface area contributed by atoms with E-state index in [1.807, 2.05) is 37.3 Å². The van der Waals surface area contributed by atoms with Gasteiger partial charge in [-0.1, -0.05) is 66.2 Å². The molecule has 2 aromatic heterocycles. The van der Waals surface area contributed by atoms with E-state index in [0.717, 1.165) is 74.7 Å². The van der Waals surface area contributed by atoms with Gasteiger partial charge in [-0.2, -0.15) is 0 Å². The first-order chi connectivity index (χ1) is 24.3. The topological polar surface area (TPSA) is 88.8 Å². The van der Waals surface area contributed by atoms with Gasteiger partial charge < -0.3 is 23.8 Å². The number of hydrogen-bond donors (Lipinski definition) is 0. The van der Waals surface area contributed by atoms with Gasteiger partial charge in [0.05, 0.1) is 23.3 Å². The first-order valence-electron chi connectivity index (χ1n) is 19.1. The summed E-state index contributed by atoms with van der Waals surface area (Å²) in [7, 11) is 0. The van der Waals surface area contributed by atoms with Crippen LogP contribution < -0.4 is 49.8 Å². The summed E-state index contributed by atoms with van der Waals surface area (Å²) in [6, 6.07) is 15.5. The number of carbonyl (C=O) groups excluding carboxylic acids is 1. The van der Waals surface area contributed by atoms with E-state index in [-0.39, 0.29) is 47.2 Å². The van der Waals surface area contributed by atoms with Crippen molar-refractivity contribution in [2.24, 2.45) is 11.8 Å². The molecule has 6 rings (SSSR count). The number of fused-ring (bicyclic) bond motifs is 4. The minimum Gasteiger partial charge on any atom is -0.549 e. The summed E-state index contributed by atoms with van der Waals surface area (Å²) in [5, 5.41) is 10.6. The predicted molar refractivity (Wildman–Crippen MR) is 207 cm³/mol. The smallest absolute Gasteiger partial charge is 0.549 e. The number of halogens is 1. The molecular formula is C44H58ClNaO6. The molecule has 3 heterocycles. The molecule has 3 aromatic carbocycles. The molecule has 8 heteroatoms. The van der Waals surface area contributed by atoms with Crippen molar-refractivity contribution in [3.8, 4) is 11.5 Å². The van der Waals surface area contributed by atoms with Gasteiger partial charge >= 0.3 is 35.2 Å². The second-order valence-corrected chi connectivity index (χ2v) is 15.7. The van der Waals surface area contributed by atoms with Crippen LogP contribution in [0.15, 0.2) is 57.7 Å². The molecule has 1 aliphatic rings. The summed E-state index contributed by atoms with van der Waals surface area (Å²) in [5.41, 5.74) is 8.04. The molecule has 0 fully saturated rings. The molecule has 6 nitrogen and oxygen atoms in total. The largest absolute Gasteiger partial charge is 1.00 e. The second-order valence-electron chi connectivity index (χ2n) is 15.2. The maximum absolute atomic E-state index is 10.9. The number of carboxylic acid groups (broad SMARTS) is 1. The number of carboxylic acids is 1. The molecule has 0 N–H and O–H groups in total. The van der Waals surface area contributed by atoms with E-state index in [2.05, 4.69) is 47.6 Å². The molecule has 5 aromatic rings. The monoisotopic (exact) mass is 740 g/mol. The van der Waals surface area contributed by atoms with Crippen molar-refractivity contribution in [3.05, 3.63) is 92.3 Å². The number of benzene rings is 3. The summed E-state index contributed by atoms with van der Waals surface area (Å²) in [5.74, 6) is 2.12. The molecule has 1 aliphatic heterocycles. The van der Waals surface area contributed by atoms with E-state index in [1.54, 1.807) is 12.1 Å². The third-order valence-electron chi connectivity index (χ3n) is 10.1. The predicted octanol–water partition coefficient (Wildman–Crippen LogP) is 6.59. The van der Waals surface area contributed by atoms with Crippen molar-refractivity contribution in [1.29, 1.82) is 0 Å². The van der Waals surface area contributed by atoms with Crippen LogP contribution in [0.1, 0.15) is 120 Å². The maximum atomic E-state index is 10.9. The SMILES string of the molecule is CCCC1(CCCOc2ccc(CC(Cl)C(=O)[O-])cc2)CCc2c(CCC(C)C)cc(CCC(C)C)c(CC)c2O1.Cc1cc2ccc1c(=O)o2.[Na+]. The zero-order chi connectivity index (χ0) is 37.1. The van der Waals surface area contributed by atoms with Crippen LogP contribution in [-0.2, 0) is 36.9 Å². The van der Waals surface area contributed by atoms with E-state index in [0.29, 0.717) is 29.4 Å². The standard InChI is InChI=1S/C36H53ClO4.C8H6O2.Na/c1-7-19-36(20-9-22-40-30-16-12-27(13-17-30)23-33(37)35(38)39)21-18-32-29(15-11-26(5)6)24-28(14-10-25(3)4)31(8-2)34(32)41-36;1-5-4-6-2-3-7(5)8(9)10-6;/h12-13,16-17,24-26,33H,7-11,14-15,18-23H2,1-6H3,(H,38,39);2-4H,1H3;/q;;+1/p-1. The molecule has 0 radical (unpaired) electrons. The number of hydrogen-bond acceptors (Lipinski definition) is 6. The second kappa shape index (κ2) is 20.8. The summed E-state index contributed by atoms with van der Waals surface area (Å²) in [4.78, 5) is 21.8. The Morgan fingerprint density at radius 3 is 2.17 bits per heavy atom. The Balaban J connectivity index is 0.000000563. The van der Waals surface area contributed by atoms with Crippen molar-refractivity contribution >= 4 is 28.5 Å². The van der Waals surface area contributed by atoms with Crippen LogP contribution in [0.4, 0.5) is 0 Å². The number of ether oxygens (including phenoxy) is 2. The number of aliphatic carboxylic acids is 1. The van der Waals surface area contributed by atoms with Crippen molar-refractivity contribution in [2.45, 2.75) is 136 Å². The first-order valence-corrected chi connectivity index (χ1v) is 19.5. The van der Waals surface area contributed by atoms with Gasteiger partial charge in [-0.25, -0.2) is 4.79 Å². The Labute approximate surface area is 338 Å². The van der Waals surface area contributed by atoms with E-state index in [9.17, 15) is 14.7 Å². The Hall–Kier alpha value is -2.51. The Kier molecular flexibility index (Phi) is 17.6. The first kappa shape index (κ1) is 43.9. The van der Waals surface area contributed by atoms with Gasteiger partial charge in [0.15, 0.2) is 0 Å². The van der Waals surface area contributed by atoms with Crippen LogP contribution >= 0.6 is 11.6 Å². The average Bonchev–Trinajstić information content (AvgIpc) is 3.09. The van der Waals surface area contributed by atoms with E-state index < -0.39 is 11.3 Å². The Morgan fingerprint density at radius 2 is 1.63 bits per heavy atom. The van der Waals surface area contributed by atoms with Gasteiger partial charge in [0.1, 0.15) is 22.7 Å². The number of alkyl halides is 1. The third kappa shape index (κ3) is 12.3. The van der Waals surface area contributed by atoms with Gasteiger partial charge in [-0.3, -0.25) is 0 Å². The van der Waals surface area contributed by atoms with Gasteiger partial charge in [-0.05, 0) is 153 Å². The van der Waals surface area contributed by atoms with Gasteiger partial charge in [0, 0.05) is 0 Å². The van der Waals surface area contributed by atoms with E-state index in [4.69, 9.17) is 25.5 Å². The minimum absolute atomic E-state index is 0. The van der Waals surface area contributed by atoms with Crippen LogP contribution in [0.5, 0.6) is 11.5 Å². The number of aryl methyl sites for hydroxylation is 3. The molecule has 0 aliphatic carbocycles. The summed E-state index contributed by atoms with van der Waals surface area (Å²) >= 11 is 5.82. The quantitative estimate of drug-likeness (QED) is 0.0690. The zero-order valence-electron chi connectivity index (χ0n) is 32.9. The minimum atomic E-state index is -1.25. The molecule has 0 spiro atoms. The third-order valence-corrected chi connectivity index (χ3v) is 10.5. The van der Waals surface area contributed by atoms with E-state index in [1.165, 1.54) is 40.8 Å². The van der Waals surface area contributed by atoms with Crippen LogP contribution in [0, 0.1) is 18.8 Å². The van der Waals surface area contributed by atoms with Crippen molar-refractivity contribution in [1.82, 2.24) is 0 Å². The summed E-state index contributed by atoms with van der Waals surface area (Å²) in [6.07, 6.45) is 12.1. The van der Waals surface area contributed by atoms with Crippen LogP contribution in [0.25, 0.3) is 11.0 Å². The average molecular weight is 741 g/mol.